The second-order valence-corrected chi connectivity index (χ2v) is 5.76. The van der Waals surface area contributed by atoms with Gasteiger partial charge in [-0.15, -0.1) is 11.3 Å². The zero-order chi connectivity index (χ0) is 11.5. The average Bonchev–Trinajstić information content (AvgIpc) is 2.71. The summed E-state index contributed by atoms with van der Waals surface area (Å²) in [6, 6.07) is 9.71. The molecule has 82 valence electrons. The summed E-state index contributed by atoms with van der Waals surface area (Å²) in [6.07, 6.45) is 0. The monoisotopic (exact) mass is 345 g/mol. The molecule has 1 aromatic heterocycles. The van der Waals surface area contributed by atoms with Crippen molar-refractivity contribution in [2.45, 2.75) is 0 Å². The van der Waals surface area contributed by atoms with E-state index in [4.69, 9.17) is 4.74 Å². The molecule has 16 heavy (non-hydrogen) atoms. The molecule has 0 radical (unpaired) electrons. The van der Waals surface area contributed by atoms with Gasteiger partial charge in [0.25, 0.3) is 0 Å². The lowest BCUT2D eigenvalue weighted by Gasteiger charge is -1.99. The van der Waals surface area contributed by atoms with Crippen LogP contribution in [0.4, 0.5) is 0 Å². The van der Waals surface area contributed by atoms with Gasteiger partial charge in [-0.05, 0) is 28.2 Å². The Morgan fingerprint density at radius 1 is 1.38 bits per heavy atom. The molecule has 3 nitrogen and oxygen atoms in total. The Hall–Kier alpha value is -0.950. The van der Waals surface area contributed by atoms with E-state index in [0.717, 1.165) is 13.5 Å². The minimum Gasteiger partial charge on any atom is -0.464 e. The molecule has 2 aromatic rings. The van der Waals surface area contributed by atoms with Crippen molar-refractivity contribution >= 4 is 39.9 Å². The van der Waals surface area contributed by atoms with Crippen LogP contribution in [0.5, 0.6) is 0 Å². The molecule has 0 spiro atoms. The van der Waals surface area contributed by atoms with Gasteiger partial charge < -0.3 is 4.74 Å². The number of hydrogen-bond donors (Lipinski definition) is 0. The minimum atomic E-state index is -0.391. The summed E-state index contributed by atoms with van der Waals surface area (Å²) in [6.45, 7) is 0. The first kappa shape index (κ1) is 11.5. The third-order valence-electron chi connectivity index (χ3n) is 2.02. The van der Waals surface area contributed by atoms with Crippen LogP contribution in [0.1, 0.15) is 10.5 Å². The van der Waals surface area contributed by atoms with Gasteiger partial charge in [-0.1, -0.05) is 30.3 Å². The maximum absolute atomic E-state index is 11.5. The highest BCUT2D eigenvalue weighted by Gasteiger charge is 2.18. The van der Waals surface area contributed by atoms with Crippen LogP contribution in [0.25, 0.3) is 10.4 Å². The molecule has 0 fully saturated rings. The number of ether oxygens (including phenoxy) is 1. The predicted molar refractivity (Wildman–Crippen MR) is 71.6 cm³/mol. The number of thiazole rings is 1. The van der Waals surface area contributed by atoms with Gasteiger partial charge in [-0.2, -0.15) is 0 Å². The molecule has 0 aliphatic carbocycles. The van der Waals surface area contributed by atoms with Crippen molar-refractivity contribution < 1.29 is 9.53 Å². The highest BCUT2D eigenvalue weighted by atomic mass is 127. The molecular weight excluding hydrogens is 337 g/mol. The quantitative estimate of drug-likeness (QED) is 0.620. The maximum Gasteiger partial charge on any atom is 0.358 e. The summed E-state index contributed by atoms with van der Waals surface area (Å²) in [5.74, 6) is -0.391. The molecule has 0 aliphatic rings. The van der Waals surface area contributed by atoms with Crippen molar-refractivity contribution in [3.8, 4) is 10.4 Å². The molecular formula is C11H8INO2S. The van der Waals surface area contributed by atoms with Gasteiger partial charge in [0, 0.05) is 0 Å². The standard InChI is InChI=1S/C11H8INO2S/c1-15-10(14)8-9(16-11(12)13-8)7-5-3-2-4-6-7/h2-6H,1H3. The number of nitrogens with zero attached hydrogens (tertiary/aromatic N) is 1. The molecule has 2 rings (SSSR count). The summed E-state index contributed by atoms with van der Waals surface area (Å²) < 4.78 is 5.54. The third kappa shape index (κ3) is 2.25. The van der Waals surface area contributed by atoms with E-state index in [2.05, 4.69) is 27.6 Å². The van der Waals surface area contributed by atoms with Crippen LogP contribution < -0.4 is 0 Å². The predicted octanol–water partition coefficient (Wildman–Crippen LogP) is 3.20. The fourth-order valence-electron chi connectivity index (χ4n) is 1.31. The summed E-state index contributed by atoms with van der Waals surface area (Å²) in [5.41, 5.74) is 1.38. The first-order valence-electron chi connectivity index (χ1n) is 4.52. The first-order valence-corrected chi connectivity index (χ1v) is 6.42. The molecule has 1 heterocycles. The number of hydrogen-bond acceptors (Lipinski definition) is 4. The van der Waals surface area contributed by atoms with Gasteiger partial charge in [0.15, 0.2) is 8.71 Å². The molecule has 1 aromatic carbocycles. The summed E-state index contributed by atoms with van der Waals surface area (Å²) in [5, 5.41) is 0. The van der Waals surface area contributed by atoms with E-state index in [-0.39, 0.29) is 0 Å². The highest BCUT2D eigenvalue weighted by Crippen LogP contribution is 2.31. The van der Waals surface area contributed by atoms with Crippen molar-refractivity contribution in [3.05, 3.63) is 39.0 Å². The Morgan fingerprint density at radius 3 is 2.69 bits per heavy atom. The molecule has 0 unspecified atom stereocenters. The Bertz CT molecular complexity index is 510. The number of benzene rings is 1. The number of rotatable bonds is 2. The van der Waals surface area contributed by atoms with Gasteiger partial charge in [-0.3, -0.25) is 0 Å². The Balaban J connectivity index is 2.53. The van der Waals surface area contributed by atoms with Gasteiger partial charge in [0.05, 0.1) is 12.0 Å². The second-order valence-electron chi connectivity index (χ2n) is 3.00. The number of carbonyl (C=O) groups is 1. The van der Waals surface area contributed by atoms with E-state index < -0.39 is 5.97 Å². The van der Waals surface area contributed by atoms with Gasteiger partial charge in [0.2, 0.25) is 0 Å². The Morgan fingerprint density at radius 2 is 2.06 bits per heavy atom. The number of carbonyl (C=O) groups excluding carboxylic acids is 1. The summed E-state index contributed by atoms with van der Waals surface area (Å²) in [7, 11) is 1.36. The molecule has 0 atom stereocenters. The third-order valence-corrected chi connectivity index (χ3v) is 3.81. The largest absolute Gasteiger partial charge is 0.464 e. The van der Waals surface area contributed by atoms with Gasteiger partial charge in [0.1, 0.15) is 0 Å². The van der Waals surface area contributed by atoms with Crippen molar-refractivity contribution in [1.29, 1.82) is 0 Å². The van der Waals surface area contributed by atoms with E-state index >= 15 is 0 Å². The fraction of sp³-hybridized carbons (Fsp3) is 0.0909. The number of methoxy groups -OCH3 is 1. The van der Waals surface area contributed by atoms with Gasteiger partial charge in [-0.25, -0.2) is 9.78 Å². The van der Waals surface area contributed by atoms with Crippen molar-refractivity contribution in [1.82, 2.24) is 4.98 Å². The smallest absolute Gasteiger partial charge is 0.358 e. The molecule has 0 aliphatic heterocycles. The average molecular weight is 345 g/mol. The van der Waals surface area contributed by atoms with Crippen molar-refractivity contribution in [2.75, 3.05) is 7.11 Å². The van der Waals surface area contributed by atoms with Crippen LogP contribution in [-0.2, 0) is 4.74 Å². The van der Waals surface area contributed by atoms with Crippen molar-refractivity contribution in [3.63, 3.8) is 0 Å². The number of esters is 1. The molecule has 0 amide bonds. The molecule has 5 heteroatoms. The maximum atomic E-state index is 11.5. The van der Waals surface area contributed by atoms with Crippen LogP contribution in [0.2, 0.25) is 0 Å². The molecule has 0 saturated heterocycles. The van der Waals surface area contributed by atoms with Crippen LogP contribution in [0.3, 0.4) is 0 Å². The highest BCUT2D eigenvalue weighted by molar-refractivity contribution is 14.1. The zero-order valence-corrected chi connectivity index (χ0v) is 11.4. The van der Waals surface area contributed by atoms with E-state index in [1.165, 1.54) is 18.4 Å². The van der Waals surface area contributed by atoms with Crippen LogP contribution in [0.15, 0.2) is 30.3 Å². The van der Waals surface area contributed by atoms with Crippen molar-refractivity contribution in [2.24, 2.45) is 0 Å². The van der Waals surface area contributed by atoms with E-state index in [1.807, 2.05) is 30.3 Å². The van der Waals surface area contributed by atoms with E-state index in [9.17, 15) is 4.79 Å². The lowest BCUT2D eigenvalue weighted by Crippen LogP contribution is -2.03. The molecule has 0 saturated carbocycles. The topological polar surface area (TPSA) is 39.2 Å². The lowest BCUT2D eigenvalue weighted by molar-refractivity contribution is 0.0595. The Kier molecular flexibility index (Phi) is 3.55. The Labute approximate surface area is 111 Å². The van der Waals surface area contributed by atoms with E-state index in [1.54, 1.807) is 0 Å². The minimum absolute atomic E-state index is 0.391. The van der Waals surface area contributed by atoms with Gasteiger partial charge >= 0.3 is 5.97 Å². The van der Waals surface area contributed by atoms with Crippen LogP contribution >= 0.6 is 33.9 Å². The summed E-state index contributed by atoms with van der Waals surface area (Å²) in [4.78, 5) is 16.6. The van der Waals surface area contributed by atoms with Crippen LogP contribution in [0, 0.1) is 3.01 Å². The van der Waals surface area contributed by atoms with Crippen LogP contribution in [-0.4, -0.2) is 18.1 Å². The normalized spacial score (nSPS) is 10.1. The second kappa shape index (κ2) is 4.92. The van der Waals surface area contributed by atoms with E-state index in [0.29, 0.717) is 5.69 Å². The SMILES string of the molecule is COC(=O)c1nc(I)sc1-c1ccccc1. The number of aromatic nitrogens is 1. The number of halogens is 1. The molecule has 0 bridgehead atoms. The zero-order valence-electron chi connectivity index (χ0n) is 8.44. The lowest BCUT2D eigenvalue weighted by atomic mass is 10.1. The summed E-state index contributed by atoms with van der Waals surface area (Å²) >= 11 is 3.59. The molecule has 0 N–H and O–H groups in total. The fourth-order valence-corrected chi connectivity index (χ4v) is 3.00. The first-order chi connectivity index (χ1) is 7.72.